The number of quaternary nitrogens is 1. The van der Waals surface area contributed by atoms with Crippen molar-refractivity contribution in [2.75, 3.05) is 40.9 Å². The number of likely N-dealkylation sites (N-methyl/N-ethyl adjacent to an activating group) is 1. The van der Waals surface area contributed by atoms with Crippen LogP contribution in [0.5, 0.6) is 0 Å². The van der Waals surface area contributed by atoms with Crippen LogP contribution in [0.15, 0.2) is 97.2 Å². The highest BCUT2D eigenvalue weighted by molar-refractivity contribution is 7.47. The lowest BCUT2D eigenvalue weighted by Crippen LogP contribution is -2.47. The van der Waals surface area contributed by atoms with Gasteiger partial charge in [-0.05, 0) is 109 Å². The number of ether oxygens (including phenoxy) is 1. The zero-order valence-corrected chi connectivity index (χ0v) is 54.4. The van der Waals surface area contributed by atoms with Crippen LogP contribution >= 0.6 is 7.82 Å². The summed E-state index contributed by atoms with van der Waals surface area (Å²) in [7, 11) is 1.47. The number of unbranched alkanes of at least 4 members (excludes halogenated alkanes) is 30. The second-order valence-electron chi connectivity index (χ2n) is 23.6. The highest BCUT2D eigenvalue weighted by Crippen LogP contribution is 2.43. The molecule has 0 saturated carbocycles. The summed E-state index contributed by atoms with van der Waals surface area (Å²) in [6, 6.07) is -0.865. The summed E-state index contributed by atoms with van der Waals surface area (Å²) in [4.78, 5) is 37.8. The molecule has 0 bridgehead atoms. The number of hydrogen-bond acceptors (Lipinski definition) is 6. The van der Waals surface area contributed by atoms with E-state index in [1.165, 1.54) is 148 Å². The average Bonchev–Trinajstić information content (AvgIpc) is 3.44. The molecule has 3 atom stereocenters. The van der Waals surface area contributed by atoms with Crippen LogP contribution < -0.4 is 5.32 Å². The fourth-order valence-electron chi connectivity index (χ4n) is 9.35. The van der Waals surface area contributed by atoms with E-state index in [1.807, 2.05) is 33.3 Å². The first-order chi connectivity index (χ1) is 39.4. The van der Waals surface area contributed by atoms with Crippen LogP contribution in [0.2, 0.25) is 0 Å². The molecule has 0 aliphatic rings. The number of nitrogens with one attached hydrogen (secondary N) is 1. The number of allylic oxidation sites excluding steroid dienone is 15. The van der Waals surface area contributed by atoms with Crippen molar-refractivity contribution in [1.82, 2.24) is 5.32 Å². The molecule has 81 heavy (non-hydrogen) atoms. The monoisotopic (exact) mass is 1150 g/mol. The summed E-state index contributed by atoms with van der Waals surface area (Å²) in [6.45, 7) is 6.88. The first-order valence-electron chi connectivity index (χ1n) is 33.6. The zero-order chi connectivity index (χ0) is 59.3. The van der Waals surface area contributed by atoms with Crippen molar-refractivity contribution < 1.29 is 37.3 Å². The van der Waals surface area contributed by atoms with Crippen molar-refractivity contribution in [3.05, 3.63) is 97.2 Å². The molecule has 0 aromatic heterocycles. The van der Waals surface area contributed by atoms with Crippen molar-refractivity contribution >= 4 is 19.7 Å². The second-order valence-corrected chi connectivity index (χ2v) is 25.1. The summed E-state index contributed by atoms with van der Waals surface area (Å²) >= 11 is 0. The van der Waals surface area contributed by atoms with Crippen molar-refractivity contribution in [3.8, 4) is 0 Å². The van der Waals surface area contributed by atoms with Crippen LogP contribution in [-0.2, 0) is 27.9 Å². The standard InChI is InChI=1S/C71H127N2O7P/c1-7-10-13-16-19-22-25-27-29-31-33-35-36-38-40-42-44-46-49-52-55-58-61-64-71(75)80-69(62-59-56-53-50-47-24-21-18-15-12-9-3)68(67-79-81(76,77)78-66-65-73(4,5)6)72-70(74)63-60-57-54-51-48-45-43-41-39-37-34-32-30-28-26-23-20-17-14-11-8-2/h10,13,19,22,27-30,33,35,38,40,44,46,59,62,68-69H,7-9,11-12,14-18,20-21,23-26,31-32,34,36-37,39,41-43,45,47-58,60-61,63-67H2,1-6H3,(H-,72,74,76,77)/p+1/b13-10-,22-19-,29-27-,30-28+,35-33-,40-38-,46-44-,62-59+. The third-order valence-corrected chi connectivity index (χ3v) is 15.5. The Kier molecular flexibility index (Phi) is 57.8. The molecule has 0 spiro atoms. The van der Waals surface area contributed by atoms with Gasteiger partial charge in [-0.1, -0.05) is 266 Å². The van der Waals surface area contributed by atoms with Gasteiger partial charge in [-0.2, -0.15) is 0 Å². The number of carbonyl (C=O) groups is 2. The number of phosphoric ester groups is 1. The number of hydrogen-bond donors (Lipinski definition) is 2. The summed E-state index contributed by atoms with van der Waals surface area (Å²) in [5.41, 5.74) is 0. The van der Waals surface area contributed by atoms with Gasteiger partial charge in [0.2, 0.25) is 5.91 Å². The molecule has 2 N–H and O–H groups in total. The fraction of sp³-hybridized carbons (Fsp3) is 0.746. The van der Waals surface area contributed by atoms with Crippen LogP contribution in [0.4, 0.5) is 0 Å². The van der Waals surface area contributed by atoms with E-state index >= 15 is 0 Å². The quantitative estimate of drug-likeness (QED) is 0.0205. The zero-order valence-electron chi connectivity index (χ0n) is 53.5. The maximum absolute atomic E-state index is 13.6. The van der Waals surface area contributed by atoms with Gasteiger partial charge in [0.25, 0.3) is 0 Å². The molecule has 0 aliphatic heterocycles. The smallest absolute Gasteiger partial charge is 0.456 e. The molecule has 10 heteroatoms. The molecule has 1 amide bonds. The lowest BCUT2D eigenvalue weighted by Gasteiger charge is -2.27. The molecule has 3 unspecified atom stereocenters. The third-order valence-electron chi connectivity index (χ3n) is 14.5. The highest BCUT2D eigenvalue weighted by Gasteiger charge is 2.30. The molecule has 0 aliphatic carbocycles. The number of phosphoric acid groups is 1. The van der Waals surface area contributed by atoms with Gasteiger partial charge in [-0.25, -0.2) is 4.57 Å². The van der Waals surface area contributed by atoms with Gasteiger partial charge >= 0.3 is 13.8 Å². The van der Waals surface area contributed by atoms with E-state index in [2.05, 4.69) is 111 Å². The van der Waals surface area contributed by atoms with Crippen LogP contribution in [0.25, 0.3) is 0 Å². The first-order valence-corrected chi connectivity index (χ1v) is 35.1. The number of carbonyl (C=O) groups excluding carboxylic acids is 2. The van der Waals surface area contributed by atoms with Gasteiger partial charge in [0, 0.05) is 12.8 Å². The lowest BCUT2D eigenvalue weighted by atomic mass is 10.0. The summed E-state index contributed by atoms with van der Waals surface area (Å²) in [5.74, 6) is -0.534. The fourth-order valence-corrected chi connectivity index (χ4v) is 10.1. The Morgan fingerprint density at radius 3 is 1.20 bits per heavy atom. The maximum atomic E-state index is 13.6. The average molecular weight is 1150 g/mol. The molecule has 9 nitrogen and oxygen atoms in total. The minimum atomic E-state index is -4.46. The lowest BCUT2D eigenvalue weighted by molar-refractivity contribution is -0.870. The van der Waals surface area contributed by atoms with E-state index in [1.54, 1.807) is 0 Å². The molecular formula is C71H128N2O7P+. The topological polar surface area (TPSA) is 111 Å². The molecule has 0 fully saturated rings. The van der Waals surface area contributed by atoms with Crippen molar-refractivity contribution in [2.45, 2.75) is 303 Å². The van der Waals surface area contributed by atoms with Crippen LogP contribution in [-0.4, -0.2) is 74.3 Å². The third kappa shape index (κ3) is 61.3. The van der Waals surface area contributed by atoms with Crippen molar-refractivity contribution in [2.24, 2.45) is 0 Å². The van der Waals surface area contributed by atoms with Crippen LogP contribution in [0, 0.1) is 0 Å². The van der Waals surface area contributed by atoms with Gasteiger partial charge in [0.15, 0.2) is 0 Å². The van der Waals surface area contributed by atoms with Gasteiger partial charge in [-0.15, -0.1) is 0 Å². The maximum Gasteiger partial charge on any atom is 0.472 e. The van der Waals surface area contributed by atoms with Crippen molar-refractivity contribution in [1.29, 1.82) is 0 Å². The Morgan fingerprint density at radius 2 is 0.790 bits per heavy atom. The van der Waals surface area contributed by atoms with Crippen LogP contribution in [0.3, 0.4) is 0 Å². The number of rotatable bonds is 60. The molecule has 468 valence electrons. The van der Waals surface area contributed by atoms with E-state index in [-0.39, 0.29) is 31.5 Å². The molecule has 0 aromatic rings. The Hall–Kier alpha value is -3.07. The minimum absolute atomic E-state index is 0.0320. The molecule has 0 radical (unpaired) electrons. The van der Waals surface area contributed by atoms with Gasteiger partial charge < -0.3 is 19.4 Å². The largest absolute Gasteiger partial charge is 0.472 e. The number of amides is 1. The predicted octanol–water partition coefficient (Wildman–Crippen LogP) is 21.1. The number of esters is 1. The highest BCUT2D eigenvalue weighted by atomic mass is 31.2. The first kappa shape index (κ1) is 77.9. The normalized spacial score (nSPS) is 14.2. The Bertz CT molecular complexity index is 1710. The van der Waals surface area contributed by atoms with Gasteiger partial charge in [-0.3, -0.25) is 18.6 Å². The second kappa shape index (κ2) is 60.1. The SMILES string of the molecule is CC/C=C\C/C=C\C/C=C\C/C=C\C/C=C\C/C=C\CCCCCCC(=O)OC(/C=C/CCCCCCCCCCC)C(COP(=O)(O)OCC[N+](C)(C)C)NC(=O)CCCCCCCCCCCCC/C=C/CCCCCCCC. The van der Waals surface area contributed by atoms with E-state index in [0.29, 0.717) is 23.9 Å². The molecule has 0 saturated heterocycles. The van der Waals surface area contributed by atoms with Crippen LogP contribution in [0.1, 0.15) is 290 Å². The number of nitrogens with zero attached hydrogens (tertiary/aromatic N) is 1. The van der Waals surface area contributed by atoms with E-state index in [4.69, 9.17) is 13.8 Å². The Balaban J connectivity index is 5.17. The van der Waals surface area contributed by atoms with E-state index in [9.17, 15) is 19.0 Å². The van der Waals surface area contributed by atoms with E-state index in [0.717, 1.165) is 103 Å². The summed E-state index contributed by atoms with van der Waals surface area (Å²) in [6.07, 6.45) is 81.3. The Labute approximate surface area is 500 Å². The molecule has 0 rings (SSSR count). The summed E-state index contributed by atoms with van der Waals surface area (Å²) in [5, 5.41) is 3.06. The van der Waals surface area contributed by atoms with Gasteiger partial charge in [0.05, 0.1) is 33.8 Å². The summed E-state index contributed by atoms with van der Waals surface area (Å²) < 4.78 is 30.7. The Morgan fingerprint density at radius 1 is 0.444 bits per heavy atom. The molecule has 0 aromatic carbocycles. The molecule has 0 heterocycles. The van der Waals surface area contributed by atoms with E-state index < -0.39 is 20.0 Å². The van der Waals surface area contributed by atoms with Crippen molar-refractivity contribution in [3.63, 3.8) is 0 Å². The minimum Gasteiger partial charge on any atom is -0.456 e. The predicted molar refractivity (Wildman–Crippen MR) is 350 cm³/mol. The molecular weight excluding hydrogens is 1020 g/mol. The van der Waals surface area contributed by atoms with Gasteiger partial charge in [0.1, 0.15) is 19.3 Å².